The number of benzene rings is 1. The predicted molar refractivity (Wildman–Crippen MR) is 72.5 cm³/mol. The quantitative estimate of drug-likeness (QED) is 0.923. The fraction of sp³-hybridized carbons (Fsp3) is 0.308. The molecular weight excluding hydrogens is 296 g/mol. The Labute approximate surface area is 114 Å². The molecule has 0 saturated carbocycles. The molecule has 1 N–H and O–H groups in total. The smallest absolute Gasteiger partial charge is 0.125 e. The highest BCUT2D eigenvalue weighted by Crippen LogP contribution is 2.28. The SMILES string of the molecule is CC(O)c1cc(Br)ccc1OCCn1cccn1. The molecule has 5 heteroatoms. The molecule has 0 bridgehead atoms. The van der Waals surface area contributed by atoms with Crippen molar-refractivity contribution < 1.29 is 9.84 Å². The van der Waals surface area contributed by atoms with Crippen LogP contribution in [0.5, 0.6) is 5.75 Å². The van der Waals surface area contributed by atoms with Gasteiger partial charge in [-0.1, -0.05) is 15.9 Å². The van der Waals surface area contributed by atoms with Crippen molar-refractivity contribution in [2.24, 2.45) is 0 Å². The molecule has 1 atom stereocenters. The van der Waals surface area contributed by atoms with Gasteiger partial charge in [0.1, 0.15) is 12.4 Å². The van der Waals surface area contributed by atoms with Crippen molar-refractivity contribution in [1.82, 2.24) is 9.78 Å². The minimum absolute atomic E-state index is 0.517. The molecule has 0 aliphatic carbocycles. The summed E-state index contributed by atoms with van der Waals surface area (Å²) in [6, 6.07) is 7.50. The van der Waals surface area contributed by atoms with E-state index in [1.165, 1.54) is 0 Å². The van der Waals surface area contributed by atoms with Crippen molar-refractivity contribution in [3.63, 3.8) is 0 Å². The third-order valence-corrected chi connectivity index (χ3v) is 3.05. The van der Waals surface area contributed by atoms with E-state index in [9.17, 15) is 5.11 Å². The second-order valence-electron chi connectivity index (χ2n) is 3.98. The normalized spacial score (nSPS) is 12.4. The van der Waals surface area contributed by atoms with Gasteiger partial charge in [0.25, 0.3) is 0 Å². The Morgan fingerprint density at radius 2 is 2.33 bits per heavy atom. The van der Waals surface area contributed by atoms with E-state index in [4.69, 9.17) is 4.74 Å². The number of hydrogen-bond donors (Lipinski definition) is 1. The number of nitrogens with zero attached hydrogens (tertiary/aromatic N) is 2. The van der Waals surface area contributed by atoms with Crippen LogP contribution in [0.15, 0.2) is 41.1 Å². The number of rotatable bonds is 5. The topological polar surface area (TPSA) is 47.3 Å². The Bertz CT molecular complexity index is 498. The molecule has 1 unspecified atom stereocenters. The zero-order valence-electron chi connectivity index (χ0n) is 10.1. The summed E-state index contributed by atoms with van der Waals surface area (Å²) in [5.74, 6) is 0.709. The van der Waals surface area contributed by atoms with Crippen molar-refractivity contribution in [3.05, 3.63) is 46.7 Å². The zero-order valence-corrected chi connectivity index (χ0v) is 11.7. The molecular formula is C13H15BrN2O2. The lowest BCUT2D eigenvalue weighted by Gasteiger charge is -2.14. The van der Waals surface area contributed by atoms with Crippen LogP contribution in [0.4, 0.5) is 0 Å². The van der Waals surface area contributed by atoms with Gasteiger partial charge in [-0.05, 0) is 31.2 Å². The fourth-order valence-electron chi connectivity index (χ4n) is 1.66. The zero-order chi connectivity index (χ0) is 13.0. The highest BCUT2D eigenvalue weighted by molar-refractivity contribution is 9.10. The van der Waals surface area contributed by atoms with Gasteiger partial charge in [-0.2, -0.15) is 5.10 Å². The van der Waals surface area contributed by atoms with Crippen LogP contribution in [0.2, 0.25) is 0 Å². The standard InChI is InChI=1S/C13H15BrN2O2/c1-10(17)12-9-11(14)3-4-13(12)18-8-7-16-6-2-5-15-16/h2-6,9-10,17H,7-8H2,1H3. The third-order valence-electron chi connectivity index (χ3n) is 2.56. The van der Waals surface area contributed by atoms with Crippen LogP contribution in [-0.4, -0.2) is 21.5 Å². The summed E-state index contributed by atoms with van der Waals surface area (Å²) in [6.07, 6.45) is 3.07. The van der Waals surface area contributed by atoms with Gasteiger partial charge in [-0.3, -0.25) is 4.68 Å². The highest BCUT2D eigenvalue weighted by atomic mass is 79.9. The van der Waals surface area contributed by atoms with Crippen molar-refractivity contribution >= 4 is 15.9 Å². The summed E-state index contributed by atoms with van der Waals surface area (Å²) >= 11 is 3.38. The Kier molecular flexibility index (Phi) is 4.38. The molecule has 4 nitrogen and oxygen atoms in total. The monoisotopic (exact) mass is 310 g/mol. The molecule has 0 amide bonds. The first kappa shape index (κ1) is 13.1. The molecule has 0 radical (unpaired) electrons. The number of aliphatic hydroxyl groups is 1. The van der Waals surface area contributed by atoms with Gasteiger partial charge < -0.3 is 9.84 Å². The molecule has 96 valence electrons. The number of aromatic nitrogens is 2. The molecule has 0 spiro atoms. The first-order valence-corrected chi connectivity index (χ1v) is 6.54. The van der Waals surface area contributed by atoms with Crippen LogP contribution in [0.1, 0.15) is 18.6 Å². The van der Waals surface area contributed by atoms with Crippen molar-refractivity contribution in [2.75, 3.05) is 6.61 Å². The molecule has 0 aliphatic rings. The van der Waals surface area contributed by atoms with E-state index in [1.807, 2.05) is 30.5 Å². The van der Waals surface area contributed by atoms with E-state index < -0.39 is 6.10 Å². The molecule has 0 aliphatic heterocycles. The maximum Gasteiger partial charge on any atom is 0.125 e. The predicted octanol–water partition coefficient (Wildman–Crippen LogP) is 2.78. The number of hydrogen-bond acceptors (Lipinski definition) is 3. The first-order valence-electron chi connectivity index (χ1n) is 5.74. The average molecular weight is 311 g/mol. The van der Waals surface area contributed by atoms with Gasteiger partial charge in [0.05, 0.1) is 12.6 Å². The van der Waals surface area contributed by atoms with Gasteiger partial charge in [-0.15, -0.1) is 0 Å². The molecule has 0 saturated heterocycles. The van der Waals surface area contributed by atoms with Crippen molar-refractivity contribution in [1.29, 1.82) is 0 Å². The van der Waals surface area contributed by atoms with Gasteiger partial charge in [-0.25, -0.2) is 0 Å². The number of aliphatic hydroxyl groups excluding tert-OH is 1. The van der Waals surface area contributed by atoms with Crippen LogP contribution in [0.25, 0.3) is 0 Å². The molecule has 1 heterocycles. The van der Waals surface area contributed by atoms with Gasteiger partial charge in [0, 0.05) is 22.4 Å². The molecule has 0 fully saturated rings. The van der Waals surface area contributed by atoms with Crippen LogP contribution in [0.3, 0.4) is 0 Å². The van der Waals surface area contributed by atoms with Crippen LogP contribution >= 0.6 is 15.9 Å². The number of ether oxygens (including phenoxy) is 1. The average Bonchev–Trinajstić information content (AvgIpc) is 2.84. The van der Waals surface area contributed by atoms with E-state index >= 15 is 0 Å². The summed E-state index contributed by atoms with van der Waals surface area (Å²) < 4.78 is 8.42. The van der Waals surface area contributed by atoms with Crippen molar-refractivity contribution in [3.8, 4) is 5.75 Å². The Hall–Kier alpha value is -1.33. The van der Waals surface area contributed by atoms with Gasteiger partial charge in [0.2, 0.25) is 0 Å². The Morgan fingerprint density at radius 3 is 3.00 bits per heavy atom. The fourth-order valence-corrected chi connectivity index (χ4v) is 2.04. The summed E-state index contributed by atoms with van der Waals surface area (Å²) in [6.45, 7) is 2.92. The maximum absolute atomic E-state index is 9.69. The maximum atomic E-state index is 9.69. The number of halogens is 1. The lowest BCUT2D eigenvalue weighted by molar-refractivity contribution is 0.190. The Morgan fingerprint density at radius 1 is 1.50 bits per heavy atom. The summed E-state index contributed by atoms with van der Waals surface area (Å²) in [4.78, 5) is 0. The summed E-state index contributed by atoms with van der Waals surface area (Å²) in [5, 5.41) is 13.8. The molecule has 1 aromatic heterocycles. The van der Waals surface area contributed by atoms with Crippen LogP contribution in [0, 0.1) is 0 Å². The lowest BCUT2D eigenvalue weighted by Crippen LogP contribution is -2.10. The van der Waals surface area contributed by atoms with E-state index in [1.54, 1.807) is 17.8 Å². The summed E-state index contributed by atoms with van der Waals surface area (Å²) in [7, 11) is 0. The summed E-state index contributed by atoms with van der Waals surface area (Å²) in [5.41, 5.74) is 0.782. The highest BCUT2D eigenvalue weighted by Gasteiger charge is 2.09. The van der Waals surface area contributed by atoms with E-state index in [-0.39, 0.29) is 0 Å². The van der Waals surface area contributed by atoms with E-state index in [2.05, 4.69) is 21.0 Å². The second kappa shape index (κ2) is 6.02. The van der Waals surface area contributed by atoms with Crippen molar-refractivity contribution in [2.45, 2.75) is 19.6 Å². The van der Waals surface area contributed by atoms with Gasteiger partial charge in [0.15, 0.2) is 0 Å². The minimum Gasteiger partial charge on any atom is -0.491 e. The third kappa shape index (κ3) is 3.34. The van der Waals surface area contributed by atoms with Crippen LogP contribution < -0.4 is 4.74 Å². The molecule has 2 rings (SSSR count). The largest absolute Gasteiger partial charge is 0.491 e. The first-order chi connectivity index (χ1) is 8.66. The second-order valence-corrected chi connectivity index (χ2v) is 4.89. The van der Waals surface area contributed by atoms with E-state index in [0.717, 1.165) is 10.0 Å². The molecule has 1 aromatic carbocycles. The Balaban J connectivity index is 2.00. The minimum atomic E-state index is -0.554. The molecule has 2 aromatic rings. The van der Waals surface area contributed by atoms with Gasteiger partial charge >= 0.3 is 0 Å². The lowest BCUT2D eigenvalue weighted by atomic mass is 10.1. The molecule has 18 heavy (non-hydrogen) atoms. The van der Waals surface area contributed by atoms with E-state index in [0.29, 0.717) is 18.9 Å². The van der Waals surface area contributed by atoms with Crippen LogP contribution in [-0.2, 0) is 6.54 Å².